The second-order valence-electron chi connectivity index (χ2n) is 22.4. The molecule has 9 heteroatoms. The molecule has 0 aliphatic heterocycles. The van der Waals surface area contributed by atoms with Gasteiger partial charge in [0.1, 0.15) is 0 Å². The van der Waals surface area contributed by atoms with Crippen LogP contribution in [0.4, 0.5) is 0 Å². The summed E-state index contributed by atoms with van der Waals surface area (Å²) in [6, 6.07) is 45.5. The van der Waals surface area contributed by atoms with Gasteiger partial charge in [0.15, 0.2) is 0 Å². The van der Waals surface area contributed by atoms with E-state index in [0.29, 0.717) is 11.6 Å². The van der Waals surface area contributed by atoms with Crippen LogP contribution < -0.4 is 4.40 Å². The first kappa shape index (κ1) is 51.1. The van der Waals surface area contributed by atoms with Crippen LogP contribution in [0.2, 0.25) is 17.3 Å². The van der Waals surface area contributed by atoms with Crippen LogP contribution in [0.3, 0.4) is 0 Å². The smallest absolute Gasteiger partial charge is 0.216 e. The average Bonchev–Trinajstić information content (AvgIpc) is 4.09. The first-order chi connectivity index (χ1) is 34.0. The van der Waals surface area contributed by atoms with Gasteiger partial charge in [0.05, 0.1) is 28.0 Å². The van der Waals surface area contributed by atoms with E-state index in [4.69, 9.17) is 24.4 Å². The van der Waals surface area contributed by atoms with Crippen molar-refractivity contribution in [2.45, 2.75) is 117 Å². The van der Waals surface area contributed by atoms with Crippen LogP contribution in [0.5, 0.6) is 0 Å². The topological polar surface area (TPSA) is 82.5 Å². The van der Waals surface area contributed by atoms with Crippen molar-refractivity contribution < 1.29 is 24.5 Å². The molecule has 4 aromatic carbocycles. The maximum atomic E-state index is 6.70. The van der Waals surface area contributed by atoms with Crippen molar-refractivity contribution in [2.24, 2.45) is 11.8 Å². The molecule has 6 heterocycles. The van der Waals surface area contributed by atoms with E-state index in [1.807, 2.05) is 32.9 Å². The third-order valence-corrected chi connectivity index (χ3v) is 18.5. The van der Waals surface area contributed by atoms with Gasteiger partial charge in [-0.15, -0.1) is 18.2 Å². The van der Waals surface area contributed by atoms with E-state index in [1.165, 1.54) is 52.3 Å². The van der Waals surface area contributed by atoms with Gasteiger partial charge in [-0.1, -0.05) is 93.8 Å². The molecule has 0 unspecified atom stereocenters. The quantitative estimate of drug-likeness (QED) is 0.106. The van der Waals surface area contributed by atoms with Gasteiger partial charge in [0, 0.05) is 48.0 Å². The number of pyridine rings is 4. The van der Waals surface area contributed by atoms with Crippen LogP contribution >= 0.6 is 0 Å². The maximum absolute atomic E-state index is 6.70. The first-order valence-electron chi connectivity index (χ1n) is 25.6. The fraction of sp³-hybridized carbons (Fsp3) is 0.317. The van der Waals surface area contributed by atoms with Gasteiger partial charge in [0.25, 0.3) is 0 Å². The van der Waals surface area contributed by atoms with Crippen LogP contribution in [0.15, 0.2) is 120 Å². The van der Waals surface area contributed by atoms with Crippen molar-refractivity contribution in [3.8, 4) is 39.5 Å². The second-order valence-corrected chi connectivity index (χ2v) is 32.9. The molecule has 1 saturated carbocycles. The Kier molecular flexibility index (Phi) is 14.6. The van der Waals surface area contributed by atoms with Gasteiger partial charge >= 0.3 is 138 Å². The minimum absolute atomic E-state index is 0. The summed E-state index contributed by atoms with van der Waals surface area (Å²) in [4.78, 5) is 24.6. The number of furan rings is 1. The summed E-state index contributed by atoms with van der Waals surface area (Å²) in [6.07, 6.45) is 9.50. The van der Waals surface area contributed by atoms with Crippen molar-refractivity contribution in [2.75, 3.05) is 0 Å². The molecule has 72 heavy (non-hydrogen) atoms. The summed E-state index contributed by atoms with van der Waals surface area (Å²) >= 11 is -1.90. The molecule has 7 nitrogen and oxygen atoms in total. The number of hydrogen-bond acceptors (Lipinski definition) is 6. The van der Waals surface area contributed by atoms with Gasteiger partial charge in [0.2, 0.25) is 5.71 Å². The Bertz CT molecular complexity index is 3590. The summed E-state index contributed by atoms with van der Waals surface area (Å²) in [5.74, 6) is 9.47. The number of aromatic nitrogens is 6. The molecule has 1 fully saturated rings. The second kappa shape index (κ2) is 20.6. The predicted molar refractivity (Wildman–Crippen MR) is 298 cm³/mol. The largest absolute Gasteiger partial charge is 0.486 e. The van der Waals surface area contributed by atoms with Crippen LogP contribution in [-0.2, 0) is 38.4 Å². The van der Waals surface area contributed by atoms with Crippen molar-refractivity contribution in [1.82, 2.24) is 29.5 Å². The maximum Gasteiger partial charge on any atom is 0.216 e. The Hall–Kier alpha value is -5.80. The van der Waals surface area contributed by atoms with E-state index < -0.39 is 13.3 Å². The predicted octanol–water partition coefficient (Wildman–Crippen LogP) is 15.6. The number of fused-ring (bicyclic) bond motifs is 6. The molecule has 0 spiro atoms. The number of imidazole rings is 1. The van der Waals surface area contributed by atoms with Gasteiger partial charge in [-0.3, -0.25) is 9.97 Å². The first-order valence-corrected chi connectivity index (χ1v) is 32.9. The summed E-state index contributed by atoms with van der Waals surface area (Å²) in [5, 5.41) is 3.11. The SMILES string of the molecule is Cc1c[c-]c(-c2cc(CC(C)C)[c]([Ge]([CH3])([CH3])[CH3])cn2)c(C)n1.Cc1ccc2c(ccc3nc(-c4[c-]ccc5c4oc4nc(CC6CCCC6)ccc45)n(-c4ccc(-c5ccccc5)cc4C(C)(C)C)c32)n1.[Ir]. The van der Waals surface area contributed by atoms with Crippen molar-refractivity contribution in [3.63, 3.8) is 0 Å². The van der Waals surface area contributed by atoms with Crippen molar-refractivity contribution in [3.05, 3.63) is 161 Å². The normalized spacial score (nSPS) is 13.3. The van der Waals surface area contributed by atoms with E-state index in [9.17, 15) is 0 Å². The van der Waals surface area contributed by atoms with Gasteiger partial charge in [-0.25, -0.2) is 4.98 Å². The molecule has 0 saturated heterocycles. The Balaban J connectivity index is 0.000000235. The van der Waals surface area contributed by atoms with Gasteiger partial charge in [-0.2, -0.15) is 0 Å². The third-order valence-electron chi connectivity index (χ3n) is 14.1. The number of nitrogens with zero attached hydrogens (tertiary/aromatic N) is 6. The molecular weight excluding hydrogens is 1120 g/mol. The fourth-order valence-electron chi connectivity index (χ4n) is 10.7. The zero-order chi connectivity index (χ0) is 49.8. The van der Waals surface area contributed by atoms with Crippen LogP contribution in [0, 0.1) is 44.7 Å². The minimum Gasteiger partial charge on any atom is -0.486 e. The molecule has 1 aliphatic rings. The number of rotatable bonds is 9. The van der Waals surface area contributed by atoms with E-state index in [0.717, 1.165) is 108 Å². The van der Waals surface area contributed by atoms with E-state index >= 15 is 0 Å². The standard InChI is InChI=1S/C44H39N4O.C19H27GeN2.Ir/c1-27-17-20-34-37(45-27)22-23-38-40(34)48(39-24-18-30(26-36(39)44(2,3)4)29-13-6-5-7-14-29)42(47-38)35-16-10-15-32-33-21-19-31(25-28-11-8-9-12-28)46-43(33)49-41(32)35;1-13(2)10-16-11-19(21-12-18(16)20(5,6)7)17-9-8-14(3)22-15(17)4;/h5-7,10,13-15,17-24,26,28H,8-9,11-12,25H2,1-4H3;8,11-13H,10H2,1-7H3;/q2*-1;. The molecule has 1 radical (unpaired) electrons. The molecule has 0 bridgehead atoms. The van der Waals surface area contributed by atoms with Crippen molar-refractivity contribution >= 4 is 61.7 Å². The molecule has 369 valence electrons. The van der Waals surface area contributed by atoms with E-state index in [1.54, 1.807) is 0 Å². The van der Waals surface area contributed by atoms with Crippen LogP contribution in [-0.4, -0.2) is 42.8 Å². The Labute approximate surface area is 442 Å². The Morgan fingerprint density at radius 1 is 0.736 bits per heavy atom. The van der Waals surface area contributed by atoms with Gasteiger partial charge < -0.3 is 8.98 Å². The Morgan fingerprint density at radius 2 is 1.49 bits per heavy atom. The minimum atomic E-state index is -1.90. The molecule has 0 amide bonds. The number of aryl methyl sites for hydroxylation is 3. The molecular formula is C63H66GeIrN6O-2. The third kappa shape index (κ3) is 10.4. The summed E-state index contributed by atoms with van der Waals surface area (Å²) in [5.41, 5.74) is 17.3. The summed E-state index contributed by atoms with van der Waals surface area (Å²) in [7, 11) is 0. The summed E-state index contributed by atoms with van der Waals surface area (Å²) < 4.78 is 10.5. The molecule has 0 N–H and O–H groups in total. The van der Waals surface area contributed by atoms with Gasteiger partial charge in [-0.05, 0) is 89.9 Å². The number of benzene rings is 4. The average molecular weight is 1190 g/mol. The molecule has 1 aliphatic carbocycles. The molecule has 0 atom stereocenters. The van der Waals surface area contributed by atoms with E-state index in [2.05, 4.69) is 177 Å². The zero-order valence-corrected chi connectivity index (χ0v) is 48.3. The van der Waals surface area contributed by atoms with E-state index in [-0.39, 0.29) is 25.5 Å². The number of hydrogen-bond donors (Lipinski definition) is 0. The van der Waals surface area contributed by atoms with Crippen LogP contribution in [0.25, 0.3) is 83.5 Å². The van der Waals surface area contributed by atoms with Crippen LogP contribution in [0.1, 0.15) is 94.2 Å². The fourth-order valence-corrected chi connectivity index (χ4v) is 14.0. The zero-order valence-electron chi connectivity index (χ0n) is 43.8. The molecule has 6 aromatic heterocycles. The van der Waals surface area contributed by atoms with Crippen molar-refractivity contribution in [1.29, 1.82) is 0 Å². The molecule has 10 aromatic rings. The summed E-state index contributed by atoms with van der Waals surface area (Å²) in [6.45, 7) is 17.5. The Morgan fingerprint density at radius 3 is 2.21 bits per heavy atom. The monoisotopic (exact) mass is 1190 g/mol. The molecule has 11 rings (SSSR count).